The lowest BCUT2D eigenvalue weighted by Gasteiger charge is -2.11. The smallest absolute Gasteiger partial charge is 0.328 e. The van der Waals surface area contributed by atoms with Crippen molar-refractivity contribution in [1.29, 1.82) is 0 Å². The molecule has 3 rings (SSSR count). The van der Waals surface area contributed by atoms with E-state index in [9.17, 15) is 14.0 Å². The van der Waals surface area contributed by atoms with Crippen molar-refractivity contribution in [2.45, 2.75) is 13.5 Å². The highest BCUT2D eigenvalue weighted by Gasteiger charge is 2.32. The molecular weight excluding hydrogens is 394 g/mol. The molecule has 1 heterocycles. The van der Waals surface area contributed by atoms with Crippen molar-refractivity contribution in [3.05, 3.63) is 69.1 Å². The number of hydrogen-bond donors (Lipinski definition) is 1. The number of ether oxygens (including phenoxy) is 1. The van der Waals surface area contributed by atoms with Gasteiger partial charge in [-0.2, -0.15) is 0 Å². The number of likely N-dealkylation sites (N-methyl/N-ethyl adjacent to an activating group) is 1. The Bertz CT molecular complexity index is 923. The number of urea groups is 1. The first kappa shape index (κ1) is 19.2. The number of carbonyl (C=O) groups excluding carboxylic acids is 2. The van der Waals surface area contributed by atoms with E-state index in [1.54, 1.807) is 37.3 Å². The second-order valence-corrected chi connectivity index (χ2v) is 6.55. The molecule has 8 heteroatoms. The monoisotopic (exact) mass is 408 g/mol. The second kappa shape index (κ2) is 7.98. The molecule has 1 saturated heterocycles. The zero-order chi connectivity index (χ0) is 19.6. The van der Waals surface area contributed by atoms with Gasteiger partial charge in [0.25, 0.3) is 5.91 Å². The Morgan fingerprint density at radius 1 is 1.19 bits per heavy atom. The van der Waals surface area contributed by atoms with Gasteiger partial charge in [0.1, 0.15) is 18.1 Å². The second-order valence-electron chi connectivity index (χ2n) is 5.73. The van der Waals surface area contributed by atoms with Crippen LogP contribution in [0.2, 0.25) is 10.0 Å². The Morgan fingerprint density at radius 2 is 1.85 bits per heavy atom. The van der Waals surface area contributed by atoms with Gasteiger partial charge in [-0.1, -0.05) is 41.4 Å². The van der Waals surface area contributed by atoms with E-state index in [-0.39, 0.29) is 40.5 Å². The Labute approximate surface area is 165 Å². The standard InChI is InChI=1S/C19H15Cl2FN2O3/c1-2-24-18(25)16(23-19(24)26)9-11-7-13(20)17(14(21)8-11)27-10-12-5-3-4-6-15(12)22/h3-9H,2,10H2,1H3,(H,23,26)/b16-9+. The molecule has 27 heavy (non-hydrogen) atoms. The summed E-state index contributed by atoms with van der Waals surface area (Å²) in [6.45, 7) is 1.94. The van der Waals surface area contributed by atoms with E-state index in [1.807, 2.05) is 0 Å². The van der Waals surface area contributed by atoms with Crippen LogP contribution in [0.1, 0.15) is 18.1 Å². The van der Waals surface area contributed by atoms with Gasteiger partial charge in [0.2, 0.25) is 0 Å². The van der Waals surface area contributed by atoms with E-state index < -0.39 is 11.9 Å². The van der Waals surface area contributed by atoms with Gasteiger partial charge in [-0.05, 0) is 36.8 Å². The normalized spacial score (nSPS) is 15.4. The van der Waals surface area contributed by atoms with Gasteiger partial charge in [0.15, 0.2) is 5.75 Å². The molecule has 0 spiro atoms. The number of rotatable bonds is 5. The maximum Gasteiger partial charge on any atom is 0.328 e. The molecule has 1 aliphatic rings. The summed E-state index contributed by atoms with van der Waals surface area (Å²) in [5.41, 5.74) is 1.02. The van der Waals surface area contributed by atoms with Crippen LogP contribution >= 0.6 is 23.2 Å². The van der Waals surface area contributed by atoms with Crippen LogP contribution in [-0.4, -0.2) is 23.4 Å². The molecule has 0 bridgehead atoms. The predicted molar refractivity (Wildman–Crippen MR) is 101 cm³/mol. The van der Waals surface area contributed by atoms with Gasteiger partial charge in [-0.3, -0.25) is 9.69 Å². The highest BCUT2D eigenvalue weighted by Crippen LogP contribution is 2.35. The number of amides is 3. The third kappa shape index (κ3) is 4.07. The fraction of sp³-hybridized carbons (Fsp3) is 0.158. The predicted octanol–water partition coefficient (Wildman–Crippen LogP) is 4.62. The van der Waals surface area contributed by atoms with E-state index in [0.717, 1.165) is 4.90 Å². The molecule has 1 aliphatic heterocycles. The zero-order valence-electron chi connectivity index (χ0n) is 14.3. The Hall–Kier alpha value is -2.57. The van der Waals surface area contributed by atoms with E-state index >= 15 is 0 Å². The van der Waals surface area contributed by atoms with Crippen molar-refractivity contribution < 1.29 is 18.7 Å². The average molecular weight is 409 g/mol. The minimum atomic E-state index is -0.476. The topological polar surface area (TPSA) is 58.6 Å². The molecule has 5 nitrogen and oxygen atoms in total. The van der Waals surface area contributed by atoms with Crippen LogP contribution in [0.15, 0.2) is 42.1 Å². The molecule has 1 N–H and O–H groups in total. The van der Waals surface area contributed by atoms with Gasteiger partial charge in [-0.15, -0.1) is 0 Å². The summed E-state index contributed by atoms with van der Waals surface area (Å²) in [6.07, 6.45) is 1.48. The van der Waals surface area contributed by atoms with E-state index in [0.29, 0.717) is 11.1 Å². The van der Waals surface area contributed by atoms with Gasteiger partial charge in [-0.25, -0.2) is 9.18 Å². The largest absolute Gasteiger partial charge is 0.486 e. The molecule has 140 valence electrons. The minimum Gasteiger partial charge on any atom is -0.486 e. The van der Waals surface area contributed by atoms with Crippen molar-refractivity contribution in [3.8, 4) is 5.75 Å². The van der Waals surface area contributed by atoms with Crippen LogP contribution in [0.25, 0.3) is 6.08 Å². The molecule has 2 aromatic carbocycles. The first-order valence-corrected chi connectivity index (χ1v) is 8.86. The van der Waals surface area contributed by atoms with Crippen LogP contribution in [0.3, 0.4) is 0 Å². The molecule has 0 aliphatic carbocycles. The van der Waals surface area contributed by atoms with Gasteiger partial charge in [0.05, 0.1) is 10.0 Å². The van der Waals surface area contributed by atoms with Crippen molar-refractivity contribution >= 4 is 41.2 Å². The summed E-state index contributed by atoms with van der Waals surface area (Å²) < 4.78 is 19.3. The summed E-state index contributed by atoms with van der Waals surface area (Å²) in [4.78, 5) is 24.9. The van der Waals surface area contributed by atoms with Crippen LogP contribution in [0, 0.1) is 5.82 Å². The zero-order valence-corrected chi connectivity index (χ0v) is 15.8. The number of nitrogens with one attached hydrogen (secondary N) is 1. The number of halogens is 3. The first-order chi connectivity index (χ1) is 12.9. The molecule has 0 unspecified atom stereocenters. The van der Waals surface area contributed by atoms with Gasteiger partial charge >= 0.3 is 6.03 Å². The molecule has 0 radical (unpaired) electrons. The fourth-order valence-corrected chi connectivity index (χ4v) is 3.20. The Balaban J connectivity index is 1.81. The van der Waals surface area contributed by atoms with Gasteiger partial charge < -0.3 is 10.1 Å². The Morgan fingerprint density at radius 3 is 2.44 bits per heavy atom. The quantitative estimate of drug-likeness (QED) is 0.579. The highest BCUT2D eigenvalue weighted by atomic mass is 35.5. The molecule has 0 atom stereocenters. The van der Waals surface area contributed by atoms with Crippen LogP contribution in [-0.2, 0) is 11.4 Å². The Kier molecular flexibility index (Phi) is 5.68. The number of benzene rings is 2. The van der Waals surface area contributed by atoms with E-state index in [1.165, 1.54) is 12.1 Å². The summed E-state index contributed by atoms with van der Waals surface area (Å²) in [5, 5.41) is 2.91. The average Bonchev–Trinajstić information content (AvgIpc) is 2.88. The van der Waals surface area contributed by atoms with Crippen molar-refractivity contribution in [1.82, 2.24) is 10.2 Å². The first-order valence-electron chi connectivity index (χ1n) is 8.10. The number of carbonyl (C=O) groups is 2. The van der Waals surface area contributed by atoms with Crippen molar-refractivity contribution in [2.75, 3.05) is 6.54 Å². The molecule has 3 amide bonds. The van der Waals surface area contributed by atoms with E-state index in [2.05, 4.69) is 5.32 Å². The summed E-state index contributed by atoms with van der Waals surface area (Å²) >= 11 is 12.5. The molecule has 2 aromatic rings. The van der Waals surface area contributed by atoms with Crippen molar-refractivity contribution in [2.24, 2.45) is 0 Å². The molecule has 1 fully saturated rings. The SMILES string of the molecule is CCN1C(=O)N/C(=C/c2cc(Cl)c(OCc3ccccc3F)c(Cl)c2)C1=O. The van der Waals surface area contributed by atoms with Crippen molar-refractivity contribution in [3.63, 3.8) is 0 Å². The summed E-state index contributed by atoms with van der Waals surface area (Å²) in [7, 11) is 0. The lowest BCUT2D eigenvalue weighted by atomic mass is 10.1. The fourth-order valence-electron chi connectivity index (χ4n) is 2.59. The summed E-state index contributed by atoms with van der Waals surface area (Å²) in [5.74, 6) is -0.600. The molecular formula is C19H15Cl2FN2O3. The number of imide groups is 1. The van der Waals surface area contributed by atoms with Crippen LogP contribution < -0.4 is 10.1 Å². The van der Waals surface area contributed by atoms with Crippen LogP contribution in [0.5, 0.6) is 5.75 Å². The van der Waals surface area contributed by atoms with Crippen LogP contribution in [0.4, 0.5) is 9.18 Å². The molecule has 0 aromatic heterocycles. The number of hydrogen-bond acceptors (Lipinski definition) is 3. The third-order valence-electron chi connectivity index (χ3n) is 3.94. The lowest BCUT2D eigenvalue weighted by Crippen LogP contribution is -2.30. The minimum absolute atomic E-state index is 0.0352. The maximum absolute atomic E-state index is 13.7. The lowest BCUT2D eigenvalue weighted by molar-refractivity contribution is -0.122. The van der Waals surface area contributed by atoms with E-state index in [4.69, 9.17) is 27.9 Å². The molecule has 0 saturated carbocycles. The summed E-state index contributed by atoms with van der Waals surface area (Å²) in [6, 6.07) is 8.84. The van der Waals surface area contributed by atoms with Gasteiger partial charge in [0, 0.05) is 12.1 Å². The maximum atomic E-state index is 13.7. The number of nitrogens with zero attached hydrogens (tertiary/aromatic N) is 1. The third-order valence-corrected chi connectivity index (χ3v) is 4.50. The highest BCUT2D eigenvalue weighted by molar-refractivity contribution is 6.37.